The number of hydrogen-bond donors (Lipinski definition) is 10. The van der Waals surface area contributed by atoms with Crippen molar-refractivity contribution in [1.82, 2.24) is 56.8 Å². The van der Waals surface area contributed by atoms with Gasteiger partial charge >= 0.3 is 11.9 Å². The van der Waals surface area contributed by atoms with E-state index >= 15 is 0 Å². The maximum absolute atomic E-state index is 13.8. The second-order valence-electron chi connectivity index (χ2n) is 22.1. The molecule has 79 heavy (non-hydrogen) atoms. The van der Waals surface area contributed by atoms with Crippen molar-refractivity contribution in [3.63, 3.8) is 0 Å². The highest BCUT2D eigenvalue weighted by atomic mass is 16.4. The first kappa shape index (κ1) is 64.6. The van der Waals surface area contributed by atoms with Crippen LogP contribution in [0.3, 0.4) is 0 Å². The lowest BCUT2D eigenvalue weighted by molar-refractivity contribution is -0.146. The highest BCUT2D eigenvalue weighted by molar-refractivity contribution is 5.98. The zero-order chi connectivity index (χ0) is 59.2. The average molecular weight is 1120 g/mol. The van der Waals surface area contributed by atoms with E-state index in [4.69, 9.17) is 10.8 Å². The molecule has 4 rings (SSSR count). The third-order valence-electron chi connectivity index (χ3n) is 15.2. The van der Waals surface area contributed by atoms with Crippen LogP contribution in [0.1, 0.15) is 133 Å². The van der Waals surface area contributed by atoms with Gasteiger partial charge in [-0.05, 0) is 104 Å². The number of carboxylic acids is 2. The molecule has 0 radical (unpaired) electrons. The number of aliphatic carboxylic acids is 2. The van der Waals surface area contributed by atoms with Gasteiger partial charge in [0.05, 0.1) is 19.0 Å². The minimum atomic E-state index is -1.38. The third kappa shape index (κ3) is 17.5. The zero-order valence-electron chi connectivity index (χ0n) is 47.0. The zero-order valence-corrected chi connectivity index (χ0v) is 47.0. The molecule has 27 nitrogen and oxygen atoms in total. The van der Waals surface area contributed by atoms with E-state index in [-0.39, 0.29) is 31.6 Å². The van der Waals surface area contributed by atoms with E-state index < -0.39 is 162 Å². The maximum Gasteiger partial charge on any atom is 0.326 e. The Balaban J connectivity index is 1.21. The summed E-state index contributed by atoms with van der Waals surface area (Å²) in [5, 5.41) is 36.7. The van der Waals surface area contributed by atoms with Crippen LogP contribution in [-0.4, -0.2) is 206 Å². The third-order valence-corrected chi connectivity index (χ3v) is 15.2. The molecule has 0 aliphatic carbocycles. The molecule has 11 amide bonds. The number of hydrogen-bond acceptors (Lipinski definition) is 14. The quantitative estimate of drug-likeness (QED) is 0.0434. The Hall–Kier alpha value is -6.93. The molecule has 4 saturated heterocycles. The molecule has 27 heteroatoms. The van der Waals surface area contributed by atoms with Crippen molar-refractivity contribution >= 4 is 76.9 Å². The van der Waals surface area contributed by atoms with Crippen LogP contribution in [-0.2, 0) is 62.3 Å². The Bertz CT molecular complexity index is 2300. The average Bonchev–Trinajstić information content (AvgIpc) is 4.27. The lowest BCUT2D eigenvalue weighted by atomic mass is 9.99. The number of likely N-dealkylation sites (tertiary alicyclic amines) is 4. The monoisotopic (exact) mass is 1120 g/mol. The van der Waals surface area contributed by atoms with Crippen molar-refractivity contribution < 1.29 is 72.5 Å². The van der Waals surface area contributed by atoms with Crippen LogP contribution in [0.4, 0.5) is 0 Å². The molecule has 4 fully saturated rings. The topological polar surface area (TPSA) is 386 Å². The molecule has 4 aliphatic rings. The number of carbonyl (C=O) groups excluding carboxylic acids is 11. The molecule has 442 valence electrons. The van der Waals surface area contributed by atoms with Gasteiger partial charge in [-0.3, -0.25) is 57.5 Å². The van der Waals surface area contributed by atoms with Gasteiger partial charge in [-0.2, -0.15) is 0 Å². The lowest BCUT2D eigenvalue weighted by Crippen LogP contribution is -2.59. The fraction of sp³-hybridized carbons (Fsp3) is 0.750. The summed E-state index contributed by atoms with van der Waals surface area (Å²) in [6.07, 6.45) is 3.90. The first-order valence-corrected chi connectivity index (χ1v) is 27.6. The molecule has 11 N–H and O–H groups in total. The van der Waals surface area contributed by atoms with E-state index in [9.17, 15) is 67.4 Å². The normalized spacial score (nSPS) is 22.1. The first-order chi connectivity index (χ1) is 37.0. The minimum absolute atomic E-state index is 0.207. The molecule has 0 bridgehead atoms. The van der Waals surface area contributed by atoms with E-state index in [0.717, 1.165) is 0 Å². The largest absolute Gasteiger partial charge is 0.481 e. The standard InChI is InChI=1S/C52H84N12O15/c1-26(2)40(51(77)64-23-13-17-37(64)48(74)60-41(27(3)4)52(78)79)59-44(70)30(7)56-46(72)35-15-11-21-62(35)38(65)25-54-42(68)28(5)18-19-33-14-10-20-61(33)49(75)31(8)57-43(69)29(6)55-47(73)36-16-12-22-63(36)50(76)32(9)58-45(71)34(53)24-39(66)67/h26-37,40-41H,10-25,53H2,1-9H3,(H,54,68)(H,55,73)(H,56,72)(H,57,69)(H,58,71)(H,59,70)(H,60,74)(H,66,67)(H,78,79)/t28-,29+,30+,31+,32+,33+,34+,35-,36-,37+,40+,41+/m1/s1. The SMILES string of the molecule is CC(C)[C@H](NC(=O)[C@@H]1CCCN1C(=O)[C@@H](NC(=O)[C@H](C)NC(=O)[C@H]1CCCN1C(=O)CNC(=O)[C@H](C)CC[C@@H]1CCCN1C(=O)[C@H](C)NC(=O)[C@H](C)NC(=O)[C@H]1CCCN1C(=O)[C@H](C)NC(=O)[C@@H](N)CC(=O)O)C(C)C)C(=O)O. The molecular formula is C52H84N12O15. The summed E-state index contributed by atoms with van der Waals surface area (Å²) in [6.45, 7) is 14.9. The predicted molar refractivity (Wildman–Crippen MR) is 282 cm³/mol. The molecule has 12 atom stereocenters. The Kier molecular flexibility index (Phi) is 24.0. The van der Waals surface area contributed by atoms with Crippen molar-refractivity contribution in [3.8, 4) is 0 Å². The summed E-state index contributed by atoms with van der Waals surface area (Å²) in [5.41, 5.74) is 5.60. The fourth-order valence-electron chi connectivity index (χ4n) is 10.4. The number of amides is 11. The Labute approximate surface area is 460 Å². The van der Waals surface area contributed by atoms with E-state index in [0.29, 0.717) is 70.8 Å². The van der Waals surface area contributed by atoms with Crippen LogP contribution < -0.4 is 43.0 Å². The van der Waals surface area contributed by atoms with Crippen LogP contribution in [0.25, 0.3) is 0 Å². The summed E-state index contributed by atoms with van der Waals surface area (Å²) >= 11 is 0. The van der Waals surface area contributed by atoms with Gasteiger partial charge in [0, 0.05) is 38.1 Å². The number of rotatable bonds is 26. The number of carboxylic acid groups (broad SMARTS) is 2. The van der Waals surface area contributed by atoms with Crippen LogP contribution in [0.5, 0.6) is 0 Å². The smallest absolute Gasteiger partial charge is 0.326 e. The molecule has 0 aromatic rings. The van der Waals surface area contributed by atoms with Gasteiger partial charge in [-0.25, -0.2) is 4.79 Å². The predicted octanol–water partition coefficient (Wildman–Crippen LogP) is -2.33. The van der Waals surface area contributed by atoms with Gasteiger partial charge in [0.15, 0.2) is 0 Å². The van der Waals surface area contributed by atoms with E-state index in [1.54, 1.807) is 39.5 Å². The second kappa shape index (κ2) is 29.3. The lowest BCUT2D eigenvalue weighted by Gasteiger charge is -2.32. The number of nitrogens with two attached hydrogens (primary N) is 1. The summed E-state index contributed by atoms with van der Waals surface area (Å²) < 4.78 is 0. The van der Waals surface area contributed by atoms with E-state index in [1.807, 2.05) is 0 Å². The van der Waals surface area contributed by atoms with Gasteiger partial charge in [-0.1, -0.05) is 34.6 Å². The van der Waals surface area contributed by atoms with Crippen molar-refractivity contribution in [3.05, 3.63) is 0 Å². The molecule has 0 aromatic heterocycles. The summed E-state index contributed by atoms with van der Waals surface area (Å²) in [7, 11) is 0. The van der Waals surface area contributed by atoms with Crippen LogP contribution in [0.15, 0.2) is 0 Å². The van der Waals surface area contributed by atoms with Gasteiger partial charge < -0.3 is 72.8 Å². The minimum Gasteiger partial charge on any atom is -0.481 e. The first-order valence-electron chi connectivity index (χ1n) is 27.6. The molecule has 0 unspecified atom stereocenters. The van der Waals surface area contributed by atoms with Gasteiger partial charge in [0.2, 0.25) is 65.0 Å². The number of nitrogens with zero attached hydrogens (tertiary/aromatic N) is 4. The van der Waals surface area contributed by atoms with E-state index in [1.165, 1.54) is 42.4 Å². The fourth-order valence-corrected chi connectivity index (χ4v) is 10.4. The van der Waals surface area contributed by atoms with Gasteiger partial charge in [0.25, 0.3) is 0 Å². The Morgan fingerprint density at radius 3 is 1.42 bits per heavy atom. The van der Waals surface area contributed by atoms with Crippen molar-refractivity contribution in [2.45, 2.75) is 199 Å². The maximum atomic E-state index is 13.8. The molecule has 4 heterocycles. The second-order valence-corrected chi connectivity index (χ2v) is 22.1. The number of carbonyl (C=O) groups is 13. The summed E-state index contributed by atoms with van der Waals surface area (Å²) in [4.78, 5) is 175. The number of nitrogens with one attached hydrogen (secondary N) is 7. The molecule has 0 saturated carbocycles. The Morgan fingerprint density at radius 2 is 0.911 bits per heavy atom. The van der Waals surface area contributed by atoms with Crippen molar-refractivity contribution in [2.75, 3.05) is 32.7 Å². The van der Waals surface area contributed by atoms with Crippen molar-refractivity contribution in [1.29, 1.82) is 0 Å². The van der Waals surface area contributed by atoms with Gasteiger partial charge in [0.1, 0.15) is 54.4 Å². The molecular weight excluding hydrogens is 1030 g/mol. The molecule has 0 spiro atoms. The summed E-state index contributed by atoms with van der Waals surface area (Å²) in [6, 6.07) is -10.9. The van der Waals surface area contributed by atoms with Crippen molar-refractivity contribution in [2.24, 2.45) is 23.5 Å². The molecule has 4 aliphatic heterocycles. The highest BCUT2D eigenvalue weighted by Crippen LogP contribution is 2.26. The van der Waals surface area contributed by atoms with E-state index in [2.05, 4.69) is 37.2 Å². The van der Waals surface area contributed by atoms with Crippen LogP contribution >= 0.6 is 0 Å². The molecule has 0 aromatic carbocycles. The Morgan fingerprint density at radius 1 is 0.481 bits per heavy atom. The summed E-state index contributed by atoms with van der Waals surface area (Å²) in [5.74, 6) is -10.2. The van der Waals surface area contributed by atoms with Crippen LogP contribution in [0, 0.1) is 17.8 Å². The van der Waals surface area contributed by atoms with Crippen LogP contribution in [0.2, 0.25) is 0 Å². The highest BCUT2D eigenvalue weighted by Gasteiger charge is 2.43. The van der Waals surface area contributed by atoms with Gasteiger partial charge in [-0.15, -0.1) is 0 Å².